The highest BCUT2D eigenvalue weighted by Crippen LogP contribution is 2.18. The number of hydrogen-bond donors (Lipinski definition) is 1. The van der Waals surface area contributed by atoms with Crippen molar-refractivity contribution in [3.8, 4) is 0 Å². The third-order valence-corrected chi connectivity index (χ3v) is 1.88. The van der Waals surface area contributed by atoms with Crippen LogP contribution in [0.15, 0.2) is 16.9 Å². The van der Waals surface area contributed by atoms with Gasteiger partial charge in [-0.25, -0.2) is 0 Å². The Morgan fingerprint density at radius 1 is 1.86 bits per heavy atom. The van der Waals surface area contributed by atoms with Crippen LogP contribution in [0.2, 0.25) is 0 Å². The lowest BCUT2D eigenvalue weighted by molar-refractivity contribution is -0.0274. The standard InChI is InChI=1S/C7H12BN3O3/c8-7-2-1-5(6(3-12)14-7)13-4-10-11-9/h1,6-7,12H,2-4,8H2/t6-,7?/m1/s1. The summed E-state index contributed by atoms with van der Waals surface area (Å²) in [7, 11) is 1.92. The van der Waals surface area contributed by atoms with Gasteiger partial charge in [0, 0.05) is 10.9 Å². The molecule has 0 aliphatic carbocycles. The molecule has 7 heteroatoms. The number of nitrogens with zero attached hydrogens (tertiary/aromatic N) is 3. The number of azide groups is 1. The van der Waals surface area contributed by atoms with Gasteiger partial charge in [0.25, 0.3) is 0 Å². The molecule has 0 aromatic rings. The van der Waals surface area contributed by atoms with Gasteiger partial charge in [-0.1, -0.05) is 5.11 Å². The molecular weight excluding hydrogens is 185 g/mol. The van der Waals surface area contributed by atoms with E-state index in [9.17, 15) is 0 Å². The number of hydrogen-bond acceptors (Lipinski definition) is 4. The van der Waals surface area contributed by atoms with Crippen molar-refractivity contribution in [1.29, 1.82) is 0 Å². The molecule has 0 radical (unpaired) electrons. The quantitative estimate of drug-likeness (QED) is 0.295. The Hall–Kier alpha value is -1.17. The van der Waals surface area contributed by atoms with Crippen molar-refractivity contribution in [2.75, 3.05) is 13.3 Å². The zero-order valence-corrected chi connectivity index (χ0v) is 7.96. The lowest BCUT2D eigenvalue weighted by Gasteiger charge is -2.27. The van der Waals surface area contributed by atoms with Crippen LogP contribution in [0.5, 0.6) is 0 Å². The second-order valence-corrected chi connectivity index (χ2v) is 2.96. The molecule has 0 aromatic carbocycles. The summed E-state index contributed by atoms with van der Waals surface area (Å²) in [5.41, 5.74) is 8.04. The Balaban J connectivity index is 2.51. The van der Waals surface area contributed by atoms with Gasteiger partial charge in [-0.15, -0.1) is 0 Å². The Bertz CT molecular complexity index is 265. The van der Waals surface area contributed by atoms with E-state index in [0.717, 1.165) is 6.42 Å². The number of rotatable bonds is 4. The molecule has 0 saturated carbocycles. The Morgan fingerprint density at radius 2 is 2.64 bits per heavy atom. The van der Waals surface area contributed by atoms with Gasteiger partial charge < -0.3 is 14.6 Å². The maximum Gasteiger partial charge on any atom is 0.167 e. The van der Waals surface area contributed by atoms with E-state index in [1.807, 2.05) is 13.9 Å². The van der Waals surface area contributed by atoms with Gasteiger partial charge >= 0.3 is 0 Å². The van der Waals surface area contributed by atoms with Crippen molar-refractivity contribution < 1.29 is 14.6 Å². The first-order chi connectivity index (χ1) is 6.77. The molecule has 0 spiro atoms. The second-order valence-electron chi connectivity index (χ2n) is 2.96. The van der Waals surface area contributed by atoms with Gasteiger partial charge in [-0.3, -0.25) is 0 Å². The summed E-state index contributed by atoms with van der Waals surface area (Å²) in [6.45, 7) is -0.205. The van der Waals surface area contributed by atoms with Crippen LogP contribution in [0, 0.1) is 0 Å². The maximum absolute atomic E-state index is 8.99. The maximum atomic E-state index is 8.99. The van der Waals surface area contributed by atoms with Crippen molar-refractivity contribution in [3.05, 3.63) is 22.3 Å². The highest BCUT2D eigenvalue weighted by molar-refractivity contribution is 6.11. The molecule has 2 atom stereocenters. The fraction of sp³-hybridized carbons (Fsp3) is 0.714. The van der Waals surface area contributed by atoms with Gasteiger partial charge in [0.15, 0.2) is 6.73 Å². The summed E-state index contributed by atoms with van der Waals surface area (Å²) in [5, 5.41) is 12.2. The van der Waals surface area contributed by atoms with E-state index in [4.69, 9.17) is 20.1 Å². The molecule has 1 aliphatic heterocycles. The van der Waals surface area contributed by atoms with E-state index in [1.165, 1.54) is 0 Å². The molecule has 1 aliphatic rings. The molecule has 1 unspecified atom stereocenters. The molecular formula is C7H12BN3O3. The molecule has 1 rings (SSSR count). The summed E-state index contributed by atoms with van der Waals surface area (Å²) in [4.78, 5) is 2.56. The third-order valence-electron chi connectivity index (χ3n) is 1.88. The molecule has 14 heavy (non-hydrogen) atoms. The number of aliphatic hydroxyl groups excluding tert-OH is 1. The minimum atomic E-state index is -0.437. The van der Waals surface area contributed by atoms with Crippen LogP contribution in [0.1, 0.15) is 6.42 Å². The fourth-order valence-electron chi connectivity index (χ4n) is 1.23. The molecule has 76 valence electrons. The van der Waals surface area contributed by atoms with E-state index in [2.05, 4.69) is 10.0 Å². The highest BCUT2D eigenvalue weighted by atomic mass is 16.6. The third kappa shape index (κ3) is 2.95. The number of ether oxygens (including phenoxy) is 2. The van der Waals surface area contributed by atoms with E-state index < -0.39 is 6.10 Å². The van der Waals surface area contributed by atoms with E-state index in [0.29, 0.717) is 5.76 Å². The van der Waals surface area contributed by atoms with E-state index >= 15 is 0 Å². The predicted molar refractivity (Wildman–Crippen MR) is 52.1 cm³/mol. The van der Waals surface area contributed by atoms with Gasteiger partial charge in [0.05, 0.1) is 6.61 Å². The van der Waals surface area contributed by atoms with Crippen LogP contribution in [-0.4, -0.2) is 38.4 Å². The number of aliphatic hydroxyl groups is 1. The van der Waals surface area contributed by atoms with Crippen LogP contribution in [0.4, 0.5) is 0 Å². The summed E-state index contributed by atoms with van der Waals surface area (Å²) >= 11 is 0. The lowest BCUT2D eigenvalue weighted by atomic mass is 9.93. The zero-order chi connectivity index (χ0) is 10.4. The van der Waals surface area contributed by atoms with Crippen LogP contribution in [-0.2, 0) is 9.47 Å². The molecule has 6 nitrogen and oxygen atoms in total. The lowest BCUT2D eigenvalue weighted by Crippen LogP contribution is -2.31. The first kappa shape index (κ1) is 10.9. The Morgan fingerprint density at radius 3 is 3.29 bits per heavy atom. The van der Waals surface area contributed by atoms with Gasteiger partial charge in [0.2, 0.25) is 0 Å². The molecule has 0 amide bonds. The molecule has 1 heterocycles. The summed E-state index contributed by atoms with van der Waals surface area (Å²) in [5.74, 6) is 0.540. The SMILES string of the molecule is BC1CC=C(OCN=[N+]=[N-])[C@@H](CO)O1. The van der Waals surface area contributed by atoms with Crippen molar-refractivity contribution in [3.63, 3.8) is 0 Å². The van der Waals surface area contributed by atoms with E-state index in [-0.39, 0.29) is 19.3 Å². The second kappa shape index (κ2) is 5.54. The zero-order valence-electron chi connectivity index (χ0n) is 7.96. The van der Waals surface area contributed by atoms with Crippen LogP contribution >= 0.6 is 0 Å². The normalized spacial score (nSPS) is 26.2. The summed E-state index contributed by atoms with van der Waals surface area (Å²) in [6.07, 6.45) is 2.15. The first-order valence-corrected chi connectivity index (χ1v) is 4.38. The largest absolute Gasteiger partial charge is 0.489 e. The Labute approximate surface area is 82.5 Å². The monoisotopic (exact) mass is 197 g/mol. The minimum Gasteiger partial charge on any atom is -0.489 e. The van der Waals surface area contributed by atoms with Crippen molar-refractivity contribution >= 4 is 7.85 Å². The van der Waals surface area contributed by atoms with Crippen LogP contribution < -0.4 is 0 Å². The van der Waals surface area contributed by atoms with Crippen molar-refractivity contribution in [2.45, 2.75) is 18.5 Å². The Kier molecular flexibility index (Phi) is 4.32. The van der Waals surface area contributed by atoms with E-state index in [1.54, 1.807) is 0 Å². The first-order valence-electron chi connectivity index (χ1n) is 4.38. The fourth-order valence-corrected chi connectivity index (χ4v) is 1.23. The molecule has 0 saturated heterocycles. The summed E-state index contributed by atoms with van der Waals surface area (Å²) in [6, 6.07) is 0.0824. The predicted octanol–water partition coefficient (Wildman–Crippen LogP) is -0.105. The molecule has 1 N–H and O–H groups in total. The van der Waals surface area contributed by atoms with Gasteiger partial charge in [0.1, 0.15) is 19.7 Å². The van der Waals surface area contributed by atoms with Crippen LogP contribution in [0.25, 0.3) is 10.4 Å². The topological polar surface area (TPSA) is 87.5 Å². The molecule has 0 fully saturated rings. The van der Waals surface area contributed by atoms with Crippen LogP contribution in [0.3, 0.4) is 0 Å². The molecule has 0 aromatic heterocycles. The van der Waals surface area contributed by atoms with Crippen molar-refractivity contribution in [1.82, 2.24) is 0 Å². The van der Waals surface area contributed by atoms with Crippen molar-refractivity contribution in [2.24, 2.45) is 5.11 Å². The van der Waals surface area contributed by atoms with Gasteiger partial charge in [-0.05, 0) is 18.0 Å². The smallest absolute Gasteiger partial charge is 0.167 e. The average molecular weight is 197 g/mol. The molecule has 0 bridgehead atoms. The highest BCUT2D eigenvalue weighted by Gasteiger charge is 2.22. The summed E-state index contributed by atoms with van der Waals surface area (Å²) < 4.78 is 10.5. The van der Waals surface area contributed by atoms with Gasteiger partial charge in [-0.2, -0.15) is 0 Å². The average Bonchev–Trinajstić information content (AvgIpc) is 2.20. The minimum absolute atomic E-state index is 0.0728.